The molecular weight excluding hydrogens is 609 g/mol. The van der Waals surface area contributed by atoms with Crippen molar-refractivity contribution in [1.82, 2.24) is 20.2 Å². The molecule has 0 aliphatic heterocycles. The Hall–Kier alpha value is -4.25. The number of fused-ring (bicyclic) bond motifs is 1. The van der Waals surface area contributed by atoms with Crippen molar-refractivity contribution in [3.63, 3.8) is 0 Å². The normalized spacial score (nSPS) is 15.6. The van der Waals surface area contributed by atoms with Gasteiger partial charge in [0.25, 0.3) is 5.91 Å². The van der Waals surface area contributed by atoms with Gasteiger partial charge in [-0.25, -0.2) is 9.18 Å². The molecule has 1 aliphatic carbocycles. The number of nitrogens with zero attached hydrogens (tertiary/aromatic N) is 3. The fourth-order valence-electron chi connectivity index (χ4n) is 4.40. The third-order valence-electron chi connectivity index (χ3n) is 7.09. The highest BCUT2D eigenvalue weighted by molar-refractivity contribution is 7.22. The number of aliphatic hydroxyl groups excluding tert-OH is 5. The first kappa shape index (κ1) is 32.2. The van der Waals surface area contributed by atoms with E-state index >= 15 is 0 Å². The number of thiophene rings is 1. The molecule has 45 heavy (non-hydrogen) atoms. The molecule has 0 unspecified atom stereocenters. The van der Waals surface area contributed by atoms with Gasteiger partial charge in [0.05, 0.1) is 33.0 Å². The summed E-state index contributed by atoms with van der Waals surface area (Å²) in [4.78, 5) is 35.4. The van der Waals surface area contributed by atoms with Crippen LogP contribution in [0.4, 0.5) is 14.9 Å². The van der Waals surface area contributed by atoms with Crippen molar-refractivity contribution < 1.29 is 44.2 Å². The molecule has 4 aromatic rings. The highest BCUT2D eigenvalue weighted by Crippen LogP contribution is 2.39. The predicted molar refractivity (Wildman–Crippen MR) is 163 cm³/mol. The van der Waals surface area contributed by atoms with Crippen molar-refractivity contribution in [2.24, 2.45) is 0 Å². The number of anilines is 1. The molecule has 1 fully saturated rings. The second-order valence-corrected chi connectivity index (χ2v) is 11.7. The van der Waals surface area contributed by atoms with Gasteiger partial charge in [0.15, 0.2) is 11.6 Å². The first-order chi connectivity index (χ1) is 21.5. The molecule has 3 aromatic heterocycles. The van der Waals surface area contributed by atoms with E-state index in [0.29, 0.717) is 32.2 Å². The van der Waals surface area contributed by atoms with Crippen LogP contribution in [0.2, 0.25) is 0 Å². The number of aromatic nitrogens is 2. The number of hydrogen-bond donors (Lipinski definition) is 7. The second-order valence-electron chi connectivity index (χ2n) is 10.7. The molecule has 3 heterocycles. The van der Waals surface area contributed by atoms with Crippen molar-refractivity contribution in [2.75, 3.05) is 25.5 Å². The van der Waals surface area contributed by atoms with Crippen molar-refractivity contribution in [2.45, 2.75) is 43.3 Å². The van der Waals surface area contributed by atoms with Gasteiger partial charge in [0.1, 0.15) is 30.2 Å². The van der Waals surface area contributed by atoms with Gasteiger partial charge in [0.2, 0.25) is 0 Å². The average Bonchev–Trinajstić information content (AvgIpc) is 3.73. The zero-order valence-electron chi connectivity index (χ0n) is 24.0. The average molecular weight is 642 g/mol. The monoisotopic (exact) mass is 641 g/mol. The van der Waals surface area contributed by atoms with E-state index in [4.69, 9.17) is 9.84 Å². The summed E-state index contributed by atoms with van der Waals surface area (Å²) in [6.45, 7) is -1.17. The Bertz CT molecular complexity index is 1670. The molecule has 4 atom stereocenters. The van der Waals surface area contributed by atoms with Crippen molar-refractivity contribution in [3.8, 4) is 22.1 Å². The van der Waals surface area contributed by atoms with Crippen LogP contribution >= 0.6 is 11.3 Å². The topological polar surface area (TPSA) is 198 Å². The summed E-state index contributed by atoms with van der Waals surface area (Å²) in [5, 5.41) is 53.8. The van der Waals surface area contributed by atoms with Crippen molar-refractivity contribution >= 4 is 39.2 Å². The van der Waals surface area contributed by atoms with Crippen LogP contribution in [-0.4, -0.2) is 103 Å². The predicted octanol–water partition coefficient (Wildman–Crippen LogP) is 2.08. The summed E-state index contributed by atoms with van der Waals surface area (Å²) >= 11 is 1.31. The van der Waals surface area contributed by atoms with E-state index in [1.807, 2.05) is 0 Å². The number of amides is 3. The van der Waals surface area contributed by atoms with Gasteiger partial charge in [0, 0.05) is 49.8 Å². The smallest absolute Gasteiger partial charge is 0.319 e. The SMILES string of the molecule is CN(C[C@@H](O)[C@H](O)[C@@H](O)[C@@H](O)CO)C(=O)c1ccc(-c2cc3nccc(Oc4ccc(NC(=O)NC5CC5)cc4F)c3s2)nc1. The molecule has 1 aromatic carbocycles. The summed E-state index contributed by atoms with van der Waals surface area (Å²) in [5.41, 5.74) is 1.61. The van der Waals surface area contributed by atoms with Crippen LogP contribution in [0, 0.1) is 5.82 Å². The van der Waals surface area contributed by atoms with Gasteiger partial charge in [-0.2, -0.15) is 0 Å². The van der Waals surface area contributed by atoms with Gasteiger partial charge in [-0.15, -0.1) is 11.3 Å². The molecule has 7 N–H and O–H groups in total. The minimum atomic E-state index is -1.80. The number of benzene rings is 1. The number of hydrogen-bond acceptors (Lipinski definition) is 11. The molecule has 0 radical (unpaired) electrons. The van der Waals surface area contributed by atoms with E-state index in [-0.39, 0.29) is 23.9 Å². The number of aliphatic hydroxyl groups is 5. The lowest BCUT2D eigenvalue weighted by Gasteiger charge is -2.28. The summed E-state index contributed by atoms with van der Waals surface area (Å²) in [6, 6.07) is 10.5. The number of carbonyl (C=O) groups excluding carboxylic acids is 2. The second kappa shape index (κ2) is 13.8. The molecule has 1 saturated carbocycles. The van der Waals surface area contributed by atoms with Gasteiger partial charge in [-0.3, -0.25) is 14.8 Å². The maximum absolute atomic E-state index is 14.9. The Morgan fingerprint density at radius 3 is 2.47 bits per heavy atom. The number of ether oxygens (including phenoxy) is 1. The molecule has 238 valence electrons. The minimum absolute atomic E-state index is 0.0348. The van der Waals surface area contributed by atoms with E-state index in [1.165, 1.54) is 42.9 Å². The lowest BCUT2D eigenvalue weighted by atomic mass is 10.0. The van der Waals surface area contributed by atoms with Gasteiger partial charge in [-0.05, 0) is 43.2 Å². The Kier molecular flexibility index (Phi) is 9.86. The molecule has 0 saturated heterocycles. The molecular formula is C30H32FN5O8S. The van der Waals surface area contributed by atoms with E-state index in [0.717, 1.165) is 17.7 Å². The number of likely N-dealkylation sites (N-methyl/N-ethyl adjacent to an activating group) is 1. The van der Waals surface area contributed by atoms with Gasteiger partial charge >= 0.3 is 6.03 Å². The van der Waals surface area contributed by atoms with E-state index in [9.17, 15) is 34.4 Å². The summed E-state index contributed by atoms with van der Waals surface area (Å²) in [6.07, 6.45) is -2.08. The van der Waals surface area contributed by atoms with Crippen LogP contribution < -0.4 is 15.4 Å². The quantitative estimate of drug-likeness (QED) is 0.120. The molecule has 3 amide bonds. The van der Waals surface area contributed by atoms with Gasteiger partial charge in [-0.1, -0.05) is 0 Å². The van der Waals surface area contributed by atoms with Crippen molar-refractivity contribution in [3.05, 3.63) is 66.2 Å². The number of rotatable bonds is 12. The third kappa shape index (κ3) is 7.70. The number of urea groups is 1. The Morgan fingerprint density at radius 2 is 1.80 bits per heavy atom. The molecule has 0 bridgehead atoms. The van der Waals surface area contributed by atoms with E-state index in [1.54, 1.807) is 30.3 Å². The number of pyridine rings is 2. The highest BCUT2D eigenvalue weighted by Gasteiger charge is 2.31. The first-order valence-corrected chi connectivity index (χ1v) is 14.8. The molecule has 13 nitrogen and oxygen atoms in total. The molecule has 15 heteroatoms. The molecule has 0 spiro atoms. The number of carbonyl (C=O) groups is 2. The zero-order chi connectivity index (χ0) is 32.2. The van der Waals surface area contributed by atoms with Crippen LogP contribution in [0.1, 0.15) is 23.2 Å². The Balaban J connectivity index is 1.25. The Labute approximate surface area is 260 Å². The van der Waals surface area contributed by atoms with Crippen LogP contribution in [0.25, 0.3) is 20.8 Å². The highest BCUT2D eigenvalue weighted by atomic mass is 32.1. The lowest BCUT2D eigenvalue weighted by Crippen LogP contribution is -2.49. The maximum atomic E-state index is 14.9. The molecule has 5 rings (SSSR count). The standard InChI is InChI=1S/C30H32FN5O8S/c1-36(13-21(38)26(40)27(41)22(39)14-37)29(42)15-2-6-19(33-12-15)25-11-20-28(45-25)24(8-9-32-20)44-23-7-5-17(10-18(23)31)35-30(43)34-16-3-4-16/h2,5-12,16,21-22,26-27,37-41H,3-4,13-14H2,1H3,(H2,34,35,43)/t21-,22+,26+,27+/m1/s1. The largest absolute Gasteiger partial charge is 0.453 e. The fraction of sp³-hybridized carbons (Fsp3) is 0.333. The lowest BCUT2D eigenvalue weighted by molar-refractivity contribution is -0.117. The Morgan fingerprint density at radius 1 is 1.04 bits per heavy atom. The maximum Gasteiger partial charge on any atom is 0.319 e. The molecule has 1 aliphatic rings. The van der Waals surface area contributed by atoms with Crippen LogP contribution in [0.15, 0.2) is 54.9 Å². The minimum Gasteiger partial charge on any atom is -0.453 e. The van der Waals surface area contributed by atoms with Crippen molar-refractivity contribution in [1.29, 1.82) is 0 Å². The van der Waals surface area contributed by atoms with E-state index < -0.39 is 48.8 Å². The fourth-order valence-corrected chi connectivity index (χ4v) is 5.44. The van der Waals surface area contributed by atoms with Crippen LogP contribution in [0.5, 0.6) is 11.5 Å². The summed E-state index contributed by atoms with van der Waals surface area (Å²) < 4.78 is 21.4. The summed E-state index contributed by atoms with van der Waals surface area (Å²) in [5.74, 6) is -0.840. The van der Waals surface area contributed by atoms with Crippen LogP contribution in [0.3, 0.4) is 0 Å². The summed E-state index contributed by atoms with van der Waals surface area (Å²) in [7, 11) is 1.39. The van der Waals surface area contributed by atoms with Gasteiger partial charge < -0.3 is 45.8 Å². The van der Waals surface area contributed by atoms with Crippen LogP contribution in [-0.2, 0) is 0 Å². The first-order valence-electron chi connectivity index (χ1n) is 14.0. The zero-order valence-corrected chi connectivity index (χ0v) is 24.8. The third-order valence-corrected chi connectivity index (χ3v) is 8.26. The number of halogens is 1. The number of nitrogens with one attached hydrogen (secondary N) is 2. The van der Waals surface area contributed by atoms with E-state index in [2.05, 4.69) is 20.6 Å².